The number of amides is 1. The number of fused-ring (bicyclic) bond motifs is 1. The summed E-state index contributed by atoms with van der Waals surface area (Å²) in [7, 11) is 1.80. The van der Waals surface area contributed by atoms with Crippen LogP contribution in [-0.2, 0) is 4.79 Å². The van der Waals surface area contributed by atoms with Crippen LogP contribution >= 0.6 is 0 Å². The van der Waals surface area contributed by atoms with Gasteiger partial charge in [-0.3, -0.25) is 4.79 Å². The van der Waals surface area contributed by atoms with E-state index in [0.717, 1.165) is 36.1 Å². The van der Waals surface area contributed by atoms with Gasteiger partial charge < -0.3 is 16.0 Å². The van der Waals surface area contributed by atoms with Crippen molar-refractivity contribution in [1.29, 1.82) is 0 Å². The fourth-order valence-corrected chi connectivity index (χ4v) is 2.81. The lowest BCUT2D eigenvalue weighted by Gasteiger charge is -2.32. The Morgan fingerprint density at radius 3 is 2.95 bits per heavy atom. The molecule has 1 aliphatic rings. The molecule has 0 radical (unpaired) electrons. The summed E-state index contributed by atoms with van der Waals surface area (Å²) in [6, 6.07) is 7.92. The molecule has 1 aliphatic heterocycles. The van der Waals surface area contributed by atoms with Crippen molar-refractivity contribution < 1.29 is 4.79 Å². The number of benzene rings is 1. The highest BCUT2D eigenvalue weighted by molar-refractivity contribution is 5.91. The maximum Gasteiger partial charge on any atom is 0.224 e. The number of hydrogen-bond donors (Lipinski definition) is 2. The molecule has 6 heteroatoms. The maximum atomic E-state index is 11.5. The standard InChI is InChI=1S/C15H19N5O/c1-17-15-18-12-7-3-2-6-11(12)14(19-15)20-8-4-5-10(9-20)13(16)21/h2-3,6-7,10H,4-5,8-9H2,1H3,(H2,16,21)(H,17,18,19). The Hall–Kier alpha value is -2.37. The summed E-state index contributed by atoms with van der Waals surface area (Å²) in [4.78, 5) is 22.7. The van der Waals surface area contributed by atoms with Gasteiger partial charge in [0.1, 0.15) is 5.82 Å². The minimum absolute atomic E-state index is 0.106. The normalized spacial score (nSPS) is 18.7. The number of para-hydroxylation sites is 1. The largest absolute Gasteiger partial charge is 0.369 e. The number of carbonyl (C=O) groups is 1. The molecule has 0 spiro atoms. The number of aromatic nitrogens is 2. The topological polar surface area (TPSA) is 84.1 Å². The van der Waals surface area contributed by atoms with E-state index in [-0.39, 0.29) is 11.8 Å². The number of piperidine rings is 1. The van der Waals surface area contributed by atoms with Crippen LogP contribution < -0.4 is 16.0 Å². The lowest BCUT2D eigenvalue weighted by atomic mass is 9.97. The van der Waals surface area contributed by atoms with Crippen molar-refractivity contribution in [2.24, 2.45) is 11.7 Å². The predicted molar refractivity (Wildman–Crippen MR) is 83.2 cm³/mol. The second-order valence-electron chi connectivity index (χ2n) is 5.33. The number of carbonyl (C=O) groups excluding carboxylic acids is 1. The molecule has 1 aromatic carbocycles. The van der Waals surface area contributed by atoms with Crippen LogP contribution in [0.3, 0.4) is 0 Å². The van der Waals surface area contributed by atoms with Gasteiger partial charge in [-0.2, -0.15) is 4.98 Å². The lowest BCUT2D eigenvalue weighted by molar-refractivity contribution is -0.122. The molecule has 1 atom stereocenters. The average Bonchev–Trinajstić information content (AvgIpc) is 2.53. The predicted octanol–water partition coefficient (Wildman–Crippen LogP) is 1.37. The Morgan fingerprint density at radius 1 is 1.38 bits per heavy atom. The zero-order valence-electron chi connectivity index (χ0n) is 12.0. The number of primary amides is 1. The molecule has 21 heavy (non-hydrogen) atoms. The molecule has 1 unspecified atom stereocenters. The van der Waals surface area contributed by atoms with E-state index in [4.69, 9.17) is 5.73 Å². The van der Waals surface area contributed by atoms with Crippen molar-refractivity contribution in [1.82, 2.24) is 9.97 Å². The summed E-state index contributed by atoms with van der Waals surface area (Å²) < 4.78 is 0. The number of hydrogen-bond acceptors (Lipinski definition) is 5. The molecule has 0 saturated carbocycles. The number of nitrogens with zero attached hydrogens (tertiary/aromatic N) is 3. The van der Waals surface area contributed by atoms with Gasteiger partial charge in [0, 0.05) is 25.5 Å². The molecule has 3 N–H and O–H groups in total. The van der Waals surface area contributed by atoms with Crippen LogP contribution in [0, 0.1) is 5.92 Å². The molecule has 1 aromatic heterocycles. The first kappa shape index (κ1) is 13.6. The third-order valence-corrected chi connectivity index (χ3v) is 3.93. The van der Waals surface area contributed by atoms with Crippen molar-refractivity contribution in [2.45, 2.75) is 12.8 Å². The van der Waals surface area contributed by atoms with Gasteiger partial charge in [0.05, 0.1) is 11.4 Å². The highest BCUT2D eigenvalue weighted by Gasteiger charge is 2.26. The third kappa shape index (κ3) is 2.61. The molecule has 110 valence electrons. The van der Waals surface area contributed by atoms with E-state index in [2.05, 4.69) is 20.2 Å². The van der Waals surface area contributed by atoms with Crippen molar-refractivity contribution in [3.05, 3.63) is 24.3 Å². The molecule has 0 bridgehead atoms. The summed E-state index contributed by atoms with van der Waals surface area (Å²) in [5, 5.41) is 3.99. The van der Waals surface area contributed by atoms with Crippen molar-refractivity contribution in [2.75, 3.05) is 30.4 Å². The van der Waals surface area contributed by atoms with Crippen LogP contribution in [0.1, 0.15) is 12.8 Å². The second-order valence-corrected chi connectivity index (χ2v) is 5.33. The maximum absolute atomic E-state index is 11.5. The van der Waals surface area contributed by atoms with E-state index in [1.165, 1.54) is 0 Å². The summed E-state index contributed by atoms with van der Waals surface area (Å²) in [5.41, 5.74) is 6.36. The minimum Gasteiger partial charge on any atom is -0.369 e. The Kier molecular flexibility index (Phi) is 3.60. The summed E-state index contributed by atoms with van der Waals surface area (Å²) >= 11 is 0. The van der Waals surface area contributed by atoms with E-state index in [9.17, 15) is 4.79 Å². The molecular formula is C15H19N5O. The van der Waals surface area contributed by atoms with Crippen LogP contribution in [-0.4, -0.2) is 36.0 Å². The Balaban J connectivity index is 2.04. The molecule has 1 saturated heterocycles. The molecule has 1 amide bonds. The van der Waals surface area contributed by atoms with Gasteiger partial charge in [-0.15, -0.1) is 0 Å². The van der Waals surface area contributed by atoms with Gasteiger partial charge in [0.15, 0.2) is 0 Å². The summed E-state index contributed by atoms with van der Waals surface area (Å²) in [6.45, 7) is 1.51. The first-order valence-corrected chi connectivity index (χ1v) is 7.18. The van der Waals surface area contributed by atoms with E-state index >= 15 is 0 Å². The van der Waals surface area contributed by atoms with Crippen LogP contribution in [0.15, 0.2) is 24.3 Å². The molecule has 2 aromatic rings. The SMILES string of the molecule is CNc1nc(N2CCCC(C(N)=O)C2)c2ccccc2n1. The Labute approximate surface area is 123 Å². The van der Waals surface area contributed by atoms with Gasteiger partial charge in [0.25, 0.3) is 0 Å². The highest BCUT2D eigenvalue weighted by Crippen LogP contribution is 2.28. The molecule has 6 nitrogen and oxygen atoms in total. The van der Waals surface area contributed by atoms with Gasteiger partial charge in [0.2, 0.25) is 11.9 Å². The first-order chi connectivity index (χ1) is 10.2. The fourth-order valence-electron chi connectivity index (χ4n) is 2.81. The van der Waals surface area contributed by atoms with Crippen LogP contribution in [0.4, 0.5) is 11.8 Å². The molecular weight excluding hydrogens is 266 g/mol. The highest BCUT2D eigenvalue weighted by atomic mass is 16.1. The number of anilines is 2. The Morgan fingerprint density at radius 2 is 2.19 bits per heavy atom. The smallest absolute Gasteiger partial charge is 0.224 e. The minimum atomic E-state index is -0.230. The van der Waals surface area contributed by atoms with E-state index in [1.807, 2.05) is 24.3 Å². The van der Waals surface area contributed by atoms with Crippen LogP contribution in [0.25, 0.3) is 10.9 Å². The molecule has 1 fully saturated rings. The zero-order chi connectivity index (χ0) is 14.8. The average molecular weight is 285 g/mol. The quantitative estimate of drug-likeness (QED) is 0.890. The van der Waals surface area contributed by atoms with Gasteiger partial charge >= 0.3 is 0 Å². The van der Waals surface area contributed by atoms with E-state index in [1.54, 1.807) is 7.05 Å². The van der Waals surface area contributed by atoms with Crippen molar-refractivity contribution in [3.63, 3.8) is 0 Å². The zero-order valence-corrected chi connectivity index (χ0v) is 12.0. The Bertz CT molecular complexity index is 672. The fraction of sp³-hybridized carbons (Fsp3) is 0.400. The lowest BCUT2D eigenvalue weighted by Crippen LogP contribution is -2.41. The molecule has 3 rings (SSSR count). The van der Waals surface area contributed by atoms with Crippen LogP contribution in [0.2, 0.25) is 0 Å². The number of rotatable bonds is 3. The van der Waals surface area contributed by atoms with E-state index in [0.29, 0.717) is 12.5 Å². The summed E-state index contributed by atoms with van der Waals surface area (Å²) in [5.74, 6) is 1.12. The van der Waals surface area contributed by atoms with Gasteiger partial charge in [-0.05, 0) is 25.0 Å². The number of nitrogens with two attached hydrogens (primary N) is 1. The monoisotopic (exact) mass is 285 g/mol. The molecule has 0 aliphatic carbocycles. The first-order valence-electron chi connectivity index (χ1n) is 7.18. The second kappa shape index (κ2) is 5.55. The van der Waals surface area contributed by atoms with E-state index < -0.39 is 0 Å². The van der Waals surface area contributed by atoms with Crippen molar-refractivity contribution >= 4 is 28.6 Å². The van der Waals surface area contributed by atoms with Gasteiger partial charge in [-0.25, -0.2) is 4.98 Å². The van der Waals surface area contributed by atoms with Crippen molar-refractivity contribution in [3.8, 4) is 0 Å². The number of nitrogens with one attached hydrogen (secondary N) is 1. The summed E-state index contributed by atoms with van der Waals surface area (Å²) in [6.07, 6.45) is 1.80. The third-order valence-electron chi connectivity index (χ3n) is 3.93. The molecule has 2 heterocycles. The van der Waals surface area contributed by atoms with Gasteiger partial charge in [-0.1, -0.05) is 12.1 Å². The van der Waals surface area contributed by atoms with Crippen LogP contribution in [0.5, 0.6) is 0 Å².